The summed E-state index contributed by atoms with van der Waals surface area (Å²) < 4.78 is 5.19. The molecule has 23 heavy (non-hydrogen) atoms. The zero-order chi connectivity index (χ0) is 17.5. The highest BCUT2D eigenvalue weighted by Crippen LogP contribution is 2.28. The van der Waals surface area contributed by atoms with E-state index in [9.17, 15) is 9.59 Å². The van der Waals surface area contributed by atoms with Crippen molar-refractivity contribution < 1.29 is 14.1 Å². The number of Topliss-reactive ketones (excluding diaryl/α,β-unsaturated/α-hetero) is 1. The summed E-state index contributed by atoms with van der Waals surface area (Å²) in [5.74, 6) is 0.361. The molecule has 2 N–H and O–H groups in total. The topological polar surface area (TPSA) is 88.0 Å². The Bertz CT molecular complexity index is 762. The van der Waals surface area contributed by atoms with Gasteiger partial charge in [-0.15, -0.1) is 0 Å². The van der Waals surface area contributed by atoms with Gasteiger partial charge in [0.05, 0.1) is 11.2 Å². The van der Waals surface area contributed by atoms with E-state index in [0.717, 1.165) is 11.3 Å². The van der Waals surface area contributed by atoms with Crippen LogP contribution in [-0.4, -0.2) is 21.8 Å². The third-order valence-corrected chi connectivity index (χ3v) is 4.10. The minimum atomic E-state index is -0.646. The first kappa shape index (κ1) is 17.0. The monoisotopic (exact) mass is 317 g/mol. The molecule has 2 rings (SSSR count). The Morgan fingerprint density at radius 2 is 1.78 bits per heavy atom. The Kier molecular flexibility index (Phi) is 4.20. The molecule has 6 heteroatoms. The lowest BCUT2D eigenvalue weighted by Gasteiger charge is -2.26. The number of rotatable bonds is 4. The number of H-pyrrole nitrogens is 1. The van der Waals surface area contributed by atoms with E-state index in [2.05, 4.69) is 15.5 Å². The molecule has 0 spiro atoms. The molecule has 0 fully saturated rings. The van der Waals surface area contributed by atoms with Gasteiger partial charge in [0.2, 0.25) is 0 Å². The van der Waals surface area contributed by atoms with E-state index in [1.54, 1.807) is 13.8 Å². The van der Waals surface area contributed by atoms with Crippen LogP contribution in [0.3, 0.4) is 0 Å². The molecular weight excluding hydrogens is 294 g/mol. The molecule has 2 heterocycles. The fourth-order valence-corrected chi connectivity index (χ4v) is 3.29. The number of ketones is 1. The Balaban J connectivity index is 2.36. The van der Waals surface area contributed by atoms with Crippen molar-refractivity contribution in [3.05, 3.63) is 39.5 Å². The summed E-state index contributed by atoms with van der Waals surface area (Å²) in [5, 5.41) is 6.94. The zero-order valence-corrected chi connectivity index (χ0v) is 14.7. The van der Waals surface area contributed by atoms with E-state index in [4.69, 9.17) is 4.52 Å². The molecule has 0 saturated carbocycles. The van der Waals surface area contributed by atoms with Crippen molar-refractivity contribution in [2.45, 2.75) is 54.0 Å². The predicted octanol–water partition coefficient (Wildman–Crippen LogP) is 3.10. The lowest BCUT2D eigenvalue weighted by atomic mass is 9.92. The van der Waals surface area contributed by atoms with Crippen LogP contribution in [0, 0.1) is 27.7 Å². The summed E-state index contributed by atoms with van der Waals surface area (Å²) >= 11 is 0. The zero-order valence-electron chi connectivity index (χ0n) is 14.7. The van der Waals surface area contributed by atoms with Gasteiger partial charge in [0.1, 0.15) is 11.5 Å². The first-order valence-electron chi connectivity index (χ1n) is 7.52. The second-order valence-corrected chi connectivity index (χ2v) is 6.46. The van der Waals surface area contributed by atoms with Crippen molar-refractivity contribution in [3.8, 4) is 0 Å². The van der Waals surface area contributed by atoms with Gasteiger partial charge in [-0.2, -0.15) is 0 Å². The maximum absolute atomic E-state index is 12.7. The fourth-order valence-electron chi connectivity index (χ4n) is 3.29. The van der Waals surface area contributed by atoms with Gasteiger partial charge in [-0.05, 0) is 54.0 Å². The van der Waals surface area contributed by atoms with Gasteiger partial charge in [-0.1, -0.05) is 5.16 Å². The lowest BCUT2D eigenvalue weighted by Crippen LogP contribution is -2.42. The number of aromatic amines is 1. The normalized spacial score (nSPS) is 11.6. The summed E-state index contributed by atoms with van der Waals surface area (Å²) in [4.78, 5) is 27.4. The summed E-state index contributed by atoms with van der Waals surface area (Å²) in [6.45, 7) is 12.5. The Morgan fingerprint density at radius 3 is 2.22 bits per heavy atom. The van der Waals surface area contributed by atoms with Crippen LogP contribution in [0.4, 0.5) is 0 Å². The number of nitrogens with zero attached hydrogens (tertiary/aromatic N) is 1. The quantitative estimate of drug-likeness (QED) is 0.848. The minimum absolute atomic E-state index is 0.0553. The number of nitrogens with one attached hydrogen (secondary N) is 2. The maximum atomic E-state index is 12.7. The number of carbonyl (C=O) groups excluding carboxylic acids is 2. The lowest BCUT2D eigenvalue weighted by molar-refractivity contribution is 0.0906. The molecule has 1 amide bonds. The highest BCUT2D eigenvalue weighted by Gasteiger charge is 2.31. The van der Waals surface area contributed by atoms with Crippen LogP contribution >= 0.6 is 0 Å². The van der Waals surface area contributed by atoms with Gasteiger partial charge in [-0.25, -0.2) is 0 Å². The van der Waals surface area contributed by atoms with Crippen molar-refractivity contribution in [1.82, 2.24) is 15.5 Å². The molecule has 0 aromatic carbocycles. The average Bonchev–Trinajstić information content (AvgIpc) is 2.89. The minimum Gasteiger partial charge on any atom is -0.361 e. The van der Waals surface area contributed by atoms with Crippen LogP contribution in [0.1, 0.15) is 69.9 Å². The number of aryl methyl sites for hydroxylation is 3. The van der Waals surface area contributed by atoms with Gasteiger partial charge >= 0.3 is 0 Å². The van der Waals surface area contributed by atoms with Crippen molar-refractivity contribution in [3.63, 3.8) is 0 Å². The summed E-state index contributed by atoms with van der Waals surface area (Å²) in [6, 6.07) is 0. The van der Waals surface area contributed by atoms with Crippen molar-refractivity contribution in [1.29, 1.82) is 0 Å². The fraction of sp³-hybridized carbons (Fsp3) is 0.471. The number of hydrogen-bond acceptors (Lipinski definition) is 4. The molecule has 2 aromatic rings. The molecule has 0 atom stereocenters. The van der Waals surface area contributed by atoms with Gasteiger partial charge in [0.25, 0.3) is 5.91 Å². The first-order chi connectivity index (χ1) is 10.6. The Hall–Kier alpha value is -2.37. The molecule has 0 unspecified atom stereocenters. The first-order valence-corrected chi connectivity index (χ1v) is 7.52. The van der Waals surface area contributed by atoms with Gasteiger partial charge in [-0.3, -0.25) is 9.59 Å². The van der Waals surface area contributed by atoms with Crippen LogP contribution in [0.2, 0.25) is 0 Å². The predicted molar refractivity (Wildman–Crippen MR) is 86.7 cm³/mol. The van der Waals surface area contributed by atoms with E-state index in [1.807, 2.05) is 27.7 Å². The highest BCUT2D eigenvalue weighted by atomic mass is 16.5. The van der Waals surface area contributed by atoms with E-state index < -0.39 is 5.54 Å². The molecular formula is C17H23N3O3. The summed E-state index contributed by atoms with van der Waals surface area (Å²) in [6.07, 6.45) is 0. The van der Waals surface area contributed by atoms with Crippen LogP contribution < -0.4 is 5.32 Å². The molecule has 6 nitrogen and oxygen atoms in total. The van der Waals surface area contributed by atoms with E-state index in [-0.39, 0.29) is 11.7 Å². The van der Waals surface area contributed by atoms with Crippen LogP contribution in [0.15, 0.2) is 4.52 Å². The molecule has 0 bridgehead atoms. The molecule has 0 aliphatic carbocycles. The Morgan fingerprint density at radius 1 is 1.17 bits per heavy atom. The van der Waals surface area contributed by atoms with Gasteiger partial charge in [0, 0.05) is 16.8 Å². The third-order valence-electron chi connectivity index (χ3n) is 4.10. The molecule has 0 aliphatic heterocycles. The molecule has 124 valence electrons. The number of amides is 1. The number of carbonyl (C=O) groups is 2. The van der Waals surface area contributed by atoms with Crippen molar-refractivity contribution in [2.75, 3.05) is 0 Å². The SMILES string of the molecule is CC(=O)c1c(C)[nH]c(C(=O)NC(C)(C)c2c(C)noc2C)c1C. The van der Waals surface area contributed by atoms with E-state index in [1.165, 1.54) is 6.92 Å². The van der Waals surface area contributed by atoms with Crippen LogP contribution in [0.25, 0.3) is 0 Å². The molecule has 0 radical (unpaired) electrons. The molecule has 2 aromatic heterocycles. The second kappa shape index (κ2) is 5.68. The average molecular weight is 317 g/mol. The molecule has 0 aliphatic rings. The van der Waals surface area contributed by atoms with Crippen LogP contribution in [0.5, 0.6) is 0 Å². The van der Waals surface area contributed by atoms with Gasteiger partial charge < -0.3 is 14.8 Å². The summed E-state index contributed by atoms with van der Waals surface area (Å²) in [5.41, 5.74) is 3.32. The summed E-state index contributed by atoms with van der Waals surface area (Å²) in [7, 11) is 0. The highest BCUT2D eigenvalue weighted by molar-refractivity contribution is 6.02. The Labute approximate surface area is 135 Å². The number of aromatic nitrogens is 2. The second-order valence-electron chi connectivity index (χ2n) is 6.46. The van der Waals surface area contributed by atoms with E-state index in [0.29, 0.717) is 28.3 Å². The van der Waals surface area contributed by atoms with Crippen molar-refractivity contribution >= 4 is 11.7 Å². The largest absolute Gasteiger partial charge is 0.361 e. The maximum Gasteiger partial charge on any atom is 0.268 e. The van der Waals surface area contributed by atoms with Gasteiger partial charge in [0.15, 0.2) is 5.78 Å². The number of hydrogen-bond donors (Lipinski definition) is 2. The standard InChI is InChI=1S/C17H23N3O3/c1-8-13(11(4)21)9(2)18-15(8)16(22)19-17(6,7)14-10(3)20-23-12(14)5/h18H,1-7H3,(H,19,22). The smallest absolute Gasteiger partial charge is 0.268 e. The third kappa shape index (κ3) is 2.93. The van der Waals surface area contributed by atoms with E-state index >= 15 is 0 Å². The molecule has 0 saturated heterocycles. The van der Waals surface area contributed by atoms with Crippen molar-refractivity contribution in [2.24, 2.45) is 0 Å². The van der Waals surface area contributed by atoms with Crippen LogP contribution in [-0.2, 0) is 5.54 Å².